The van der Waals surface area contributed by atoms with Crippen molar-refractivity contribution in [1.29, 1.82) is 0 Å². The number of hydroxylamine groups is 2. The second-order valence-electron chi connectivity index (χ2n) is 6.03. The second-order valence-corrected chi connectivity index (χ2v) is 6.03. The number of nitrogens with two attached hydrogens (primary N) is 1. The van der Waals surface area contributed by atoms with Crippen molar-refractivity contribution in [2.45, 2.75) is 31.0 Å². The number of benzene rings is 2. The molecule has 2 aromatic carbocycles. The molecule has 2 aromatic rings. The Morgan fingerprint density at radius 2 is 1.75 bits per heavy atom. The van der Waals surface area contributed by atoms with Gasteiger partial charge in [-0.2, -0.15) is 0 Å². The van der Waals surface area contributed by atoms with Crippen molar-refractivity contribution in [3.63, 3.8) is 0 Å². The Kier molecular flexibility index (Phi) is 5.25. The Balaban J connectivity index is 1.75. The third-order valence-corrected chi connectivity index (χ3v) is 4.32. The quantitative estimate of drug-likeness (QED) is 0.902. The first kappa shape index (κ1) is 16.6. The topological polar surface area (TPSA) is 75.8 Å². The lowest BCUT2D eigenvalue weighted by atomic mass is 9.93. The van der Waals surface area contributed by atoms with E-state index in [9.17, 15) is 9.90 Å². The van der Waals surface area contributed by atoms with Crippen LogP contribution in [0.5, 0.6) is 0 Å². The molecule has 1 saturated heterocycles. The Labute approximate surface area is 141 Å². The lowest BCUT2D eigenvalue weighted by Gasteiger charge is -2.38. The molecule has 1 aliphatic heterocycles. The summed E-state index contributed by atoms with van der Waals surface area (Å²) in [4.78, 5) is 17.8. The molecule has 3 N–H and O–H groups in total. The maximum Gasteiger partial charge on any atom is 0.358 e. The van der Waals surface area contributed by atoms with Gasteiger partial charge in [-0.25, -0.2) is 4.79 Å². The first-order chi connectivity index (χ1) is 11.7. The van der Waals surface area contributed by atoms with Gasteiger partial charge in [0, 0.05) is 12.6 Å². The van der Waals surface area contributed by atoms with E-state index in [1.54, 1.807) is 29.3 Å². The van der Waals surface area contributed by atoms with Crippen molar-refractivity contribution in [3.05, 3.63) is 71.8 Å². The fourth-order valence-corrected chi connectivity index (χ4v) is 3.10. The van der Waals surface area contributed by atoms with Gasteiger partial charge >= 0.3 is 5.97 Å². The van der Waals surface area contributed by atoms with Crippen LogP contribution < -0.4 is 5.73 Å². The van der Waals surface area contributed by atoms with Gasteiger partial charge in [0.2, 0.25) is 0 Å². The first-order valence-electron chi connectivity index (χ1n) is 8.19. The molecule has 0 aromatic heterocycles. The van der Waals surface area contributed by atoms with Crippen molar-refractivity contribution < 1.29 is 14.7 Å². The molecule has 0 saturated carbocycles. The van der Waals surface area contributed by atoms with Gasteiger partial charge in [-0.15, -0.1) is 5.06 Å². The Hall–Kier alpha value is -2.21. The van der Waals surface area contributed by atoms with Crippen LogP contribution in [0.15, 0.2) is 60.7 Å². The fourth-order valence-electron chi connectivity index (χ4n) is 3.10. The number of carbonyl (C=O) groups excluding carboxylic acids is 1. The van der Waals surface area contributed by atoms with Gasteiger partial charge in [-0.3, -0.25) is 0 Å². The van der Waals surface area contributed by atoms with E-state index in [0.717, 1.165) is 18.4 Å². The van der Waals surface area contributed by atoms with Gasteiger partial charge < -0.3 is 15.7 Å². The molecule has 5 heteroatoms. The predicted octanol–water partition coefficient (Wildman–Crippen LogP) is 2.34. The zero-order valence-corrected chi connectivity index (χ0v) is 13.4. The molecule has 5 nitrogen and oxygen atoms in total. The normalized spacial score (nSPS) is 22.8. The number of hydrogen-bond acceptors (Lipinski definition) is 5. The minimum Gasteiger partial charge on any atom is -0.377 e. The highest BCUT2D eigenvalue weighted by atomic mass is 16.7. The molecule has 3 rings (SSSR count). The molecule has 1 heterocycles. The molecule has 126 valence electrons. The number of nitrogens with zero attached hydrogens (tertiary/aromatic N) is 1. The van der Waals surface area contributed by atoms with Crippen LogP contribution in [0.3, 0.4) is 0 Å². The molecule has 0 radical (unpaired) electrons. The van der Waals surface area contributed by atoms with E-state index in [0.29, 0.717) is 12.1 Å². The van der Waals surface area contributed by atoms with Crippen LogP contribution in [0.2, 0.25) is 0 Å². The third kappa shape index (κ3) is 3.64. The van der Waals surface area contributed by atoms with E-state index in [1.807, 2.05) is 36.4 Å². The number of carbonyl (C=O) groups is 1. The Morgan fingerprint density at radius 1 is 1.12 bits per heavy atom. The molecule has 0 amide bonds. The van der Waals surface area contributed by atoms with Gasteiger partial charge in [0.25, 0.3) is 0 Å². The number of aliphatic hydroxyl groups excluding tert-OH is 1. The van der Waals surface area contributed by atoms with Gasteiger partial charge in [-0.05, 0) is 24.0 Å². The van der Waals surface area contributed by atoms with E-state index in [2.05, 4.69) is 0 Å². The monoisotopic (exact) mass is 326 g/mol. The summed E-state index contributed by atoms with van der Waals surface area (Å²) in [5.74, 6) is -0.684. The maximum atomic E-state index is 12.3. The van der Waals surface area contributed by atoms with Gasteiger partial charge in [0.15, 0.2) is 6.10 Å². The fraction of sp³-hybridized carbons (Fsp3) is 0.316. The predicted molar refractivity (Wildman–Crippen MR) is 90.6 cm³/mol. The number of rotatable bonds is 4. The van der Waals surface area contributed by atoms with E-state index < -0.39 is 12.1 Å². The zero-order valence-electron chi connectivity index (χ0n) is 13.4. The van der Waals surface area contributed by atoms with Crippen molar-refractivity contribution in [2.75, 3.05) is 6.54 Å². The Bertz CT molecular complexity index is 663. The van der Waals surface area contributed by atoms with Crippen LogP contribution in [0.25, 0.3) is 0 Å². The molecule has 24 heavy (non-hydrogen) atoms. The molecule has 3 atom stereocenters. The third-order valence-electron chi connectivity index (χ3n) is 4.32. The summed E-state index contributed by atoms with van der Waals surface area (Å²) >= 11 is 0. The molecule has 0 bridgehead atoms. The average Bonchev–Trinajstić information content (AvgIpc) is 2.62. The molecular formula is C19H22N2O3. The molecule has 1 fully saturated rings. The average molecular weight is 326 g/mol. The Morgan fingerprint density at radius 3 is 2.42 bits per heavy atom. The minimum absolute atomic E-state index is 0.122. The van der Waals surface area contributed by atoms with Crippen LogP contribution in [0.1, 0.15) is 36.1 Å². The van der Waals surface area contributed by atoms with Gasteiger partial charge in [-0.1, -0.05) is 60.7 Å². The van der Waals surface area contributed by atoms with E-state index in [1.165, 1.54) is 0 Å². The summed E-state index contributed by atoms with van der Waals surface area (Å²) in [6.07, 6.45) is 0.411. The number of aliphatic hydroxyl groups is 1. The molecule has 1 unspecified atom stereocenters. The lowest BCUT2D eigenvalue weighted by molar-refractivity contribution is -0.220. The van der Waals surface area contributed by atoms with Crippen molar-refractivity contribution in [1.82, 2.24) is 5.06 Å². The van der Waals surface area contributed by atoms with Crippen molar-refractivity contribution >= 4 is 5.97 Å². The summed E-state index contributed by atoms with van der Waals surface area (Å²) in [5, 5.41) is 11.8. The van der Waals surface area contributed by atoms with Crippen LogP contribution in [-0.4, -0.2) is 28.7 Å². The lowest BCUT2D eigenvalue weighted by Crippen LogP contribution is -2.47. The zero-order chi connectivity index (χ0) is 16.9. The SMILES string of the molecule is N[C@@H]1CCCN(OC(=O)C(O)c2ccccc2)[C@@H]1c1ccccc1. The highest BCUT2D eigenvalue weighted by Gasteiger charge is 2.34. The van der Waals surface area contributed by atoms with Crippen LogP contribution in [-0.2, 0) is 9.63 Å². The highest BCUT2D eigenvalue weighted by Crippen LogP contribution is 2.31. The minimum atomic E-state index is -1.30. The number of piperidine rings is 1. The van der Waals surface area contributed by atoms with Crippen LogP contribution in [0.4, 0.5) is 0 Å². The second kappa shape index (κ2) is 7.57. The summed E-state index contributed by atoms with van der Waals surface area (Å²) in [7, 11) is 0. The first-order valence-corrected chi connectivity index (χ1v) is 8.19. The number of hydrogen-bond donors (Lipinski definition) is 2. The largest absolute Gasteiger partial charge is 0.377 e. The van der Waals surface area contributed by atoms with E-state index in [-0.39, 0.29) is 12.1 Å². The molecule has 0 aliphatic carbocycles. The molecular weight excluding hydrogens is 304 g/mol. The standard InChI is InChI=1S/C19H22N2O3/c20-16-12-7-13-21(17(16)14-8-3-1-4-9-14)24-19(23)18(22)15-10-5-2-6-11-15/h1-6,8-11,16-18,22H,7,12-13,20H2/t16-,17-,18?/m1/s1. The summed E-state index contributed by atoms with van der Waals surface area (Å²) in [5.41, 5.74) is 7.79. The summed E-state index contributed by atoms with van der Waals surface area (Å²) < 4.78 is 0. The highest BCUT2D eigenvalue weighted by molar-refractivity contribution is 5.76. The van der Waals surface area contributed by atoms with Gasteiger partial charge in [0.05, 0.1) is 6.04 Å². The van der Waals surface area contributed by atoms with E-state index in [4.69, 9.17) is 10.6 Å². The summed E-state index contributed by atoms with van der Waals surface area (Å²) in [6, 6.07) is 18.2. The maximum absolute atomic E-state index is 12.3. The smallest absolute Gasteiger partial charge is 0.358 e. The summed E-state index contributed by atoms with van der Waals surface area (Å²) in [6.45, 7) is 0.598. The van der Waals surface area contributed by atoms with Crippen LogP contribution >= 0.6 is 0 Å². The van der Waals surface area contributed by atoms with Crippen LogP contribution in [0, 0.1) is 0 Å². The van der Waals surface area contributed by atoms with Crippen molar-refractivity contribution in [2.24, 2.45) is 5.73 Å². The molecule has 0 spiro atoms. The van der Waals surface area contributed by atoms with E-state index >= 15 is 0 Å². The molecule has 1 aliphatic rings. The van der Waals surface area contributed by atoms with Crippen molar-refractivity contribution in [3.8, 4) is 0 Å². The van der Waals surface area contributed by atoms with Gasteiger partial charge in [0.1, 0.15) is 0 Å².